The summed E-state index contributed by atoms with van der Waals surface area (Å²) in [6.07, 6.45) is 0. The molecule has 5 heteroatoms. The van der Waals surface area contributed by atoms with E-state index in [4.69, 9.17) is 16.3 Å². The van der Waals surface area contributed by atoms with Gasteiger partial charge in [-0.15, -0.1) is 0 Å². The van der Waals surface area contributed by atoms with E-state index in [0.29, 0.717) is 16.1 Å². The minimum Gasteiger partial charge on any atom is -0.454 e. The van der Waals surface area contributed by atoms with Crippen molar-refractivity contribution >= 4 is 29.0 Å². The number of ether oxygens (including phenoxy) is 1. The second-order valence-electron chi connectivity index (χ2n) is 4.95. The van der Waals surface area contributed by atoms with Crippen LogP contribution in [-0.4, -0.2) is 32.5 Å². The molecule has 0 unspecified atom stereocenters. The Morgan fingerprint density at radius 1 is 0.955 bits per heavy atom. The van der Waals surface area contributed by atoms with Gasteiger partial charge < -0.3 is 9.64 Å². The zero-order valence-electron chi connectivity index (χ0n) is 12.4. The van der Waals surface area contributed by atoms with Gasteiger partial charge in [-0.3, -0.25) is 4.79 Å². The molecule has 4 nitrogen and oxygen atoms in total. The maximum atomic E-state index is 11.9. The first-order chi connectivity index (χ1) is 10.5. The lowest BCUT2D eigenvalue weighted by atomic mass is 10.1. The Bertz CT molecular complexity index is 663. The third-order valence-electron chi connectivity index (χ3n) is 3.12. The van der Waals surface area contributed by atoms with Gasteiger partial charge in [-0.1, -0.05) is 11.6 Å². The molecule has 0 bridgehead atoms. The number of carbonyl (C=O) groups is 2. The van der Waals surface area contributed by atoms with Crippen LogP contribution in [0.15, 0.2) is 48.5 Å². The van der Waals surface area contributed by atoms with Crippen molar-refractivity contribution in [1.82, 2.24) is 0 Å². The molecular weight excluding hydrogens is 302 g/mol. The number of rotatable bonds is 5. The van der Waals surface area contributed by atoms with Crippen LogP contribution in [0.4, 0.5) is 5.69 Å². The number of hydrogen-bond donors (Lipinski definition) is 0. The summed E-state index contributed by atoms with van der Waals surface area (Å²) in [7, 11) is 3.83. The second kappa shape index (κ2) is 7.09. The molecule has 2 aromatic rings. The molecule has 0 aliphatic heterocycles. The smallest absolute Gasteiger partial charge is 0.338 e. The Labute approximate surface area is 134 Å². The summed E-state index contributed by atoms with van der Waals surface area (Å²) in [5, 5.41) is 0.550. The fourth-order valence-electron chi connectivity index (χ4n) is 1.83. The van der Waals surface area contributed by atoms with Crippen LogP contribution in [0.5, 0.6) is 0 Å². The second-order valence-corrected chi connectivity index (χ2v) is 5.38. The molecule has 0 aromatic heterocycles. The summed E-state index contributed by atoms with van der Waals surface area (Å²) in [5.41, 5.74) is 1.85. The summed E-state index contributed by atoms with van der Waals surface area (Å²) < 4.78 is 5.04. The number of anilines is 1. The van der Waals surface area contributed by atoms with Crippen molar-refractivity contribution in [2.24, 2.45) is 0 Å². The lowest BCUT2D eigenvalue weighted by Crippen LogP contribution is -2.14. The minimum atomic E-state index is -0.521. The third kappa shape index (κ3) is 4.09. The highest BCUT2D eigenvalue weighted by Crippen LogP contribution is 2.14. The first-order valence-corrected chi connectivity index (χ1v) is 7.08. The monoisotopic (exact) mass is 317 g/mol. The Balaban J connectivity index is 1.94. The van der Waals surface area contributed by atoms with Crippen LogP contribution < -0.4 is 4.90 Å². The van der Waals surface area contributed by atoms with E-state index in [1.54, 1.807) is 36.4 Å². The zero-order valence-corrected chi connectivity index (χ0v) is 13.1. The molecule has 2 aromatic carbocycles. The number of ketones is 1. The lowest BCUT2D eigenvalue weighted by Gasteiger charge is -2.12. The predicted molar refractivity (Wildman–Crippen MR) is 86.8 cm³/mol. The molecule has 22 heavy (non-hydrogen) atoms. The highest BCUT2D eigenvalue weighted by atomic mass is 35.5. The van der Waals surface area contributed by atoms with Crippen molar-refractivity contribution < 1.29 is 14.3 Å². The summed E-state index contributed by atoms with van der Waals surface area (Å²) in [6.45, 7) is -0.296. The largest absolute Gasteiger partial charge is 0.454 e. The van der Waals surface area contributed by atoms with E-state index in [1.807, 2.05) is 31.1 Å². The first-order valence-electron chi connectivity index (χ1n) is 6.70. The van der Waals surface area contributed by atoms with E-state index in [1.165, 1.54) is 0 Å². The maximum Gasteiger partial charge on any atom is 0.338 e. The van der Waals surface area contributed by atoms with E-state index in [9.17, 15) is 9.59 Å². The Morgan fingerprint density at radius 2 is 1.50 bits per heavy atom. The van der Waals surface area contributed by atoms with Gasteiger partial charge in [-0.2, -0.15) is 0 Å². The Hall–Kier alpha value is -2.33. The normalized spacial score (nSPS) is 10.1. The topological polar surface area (TPSA) is 46.6 Å². The van der Waals surface area contributed by atoms with Crippen LogP contribution in [0.3, 0.4) is 0 Å². The number of carbonyl (C=O) groups excluding carboxylic acids is 2. The fourth-order valence-corrected chi connectivity index (χ4v) is 1.96. The molecule has 0 aliphatic rings. The molecule has 0 aliphatic carbocycles. The van der Waals surface area contributed by atoms with Gasteiger partial charge in [0.05, 0.1) is 5.56 Å². The molecule has 0 heterocycles. The van der Waals surface area contributed by atoms with Crippen LogP contribution >= 0.6 is 11.6 Å². The number of esters is 1. The number of hydrogen-bond acceptors (Lipinski definition) is 4. The van der Waals surface area contributed by atoms with E-state index in [-0.39, 0.29) is 12.4 Å². The predicted octanol–water partition coefficient (Wildman–Crippen LogP) is 3.45. The van der Waals surface area contributed by atoms with Gasteiger partial charge in [0.1, 0.15) is 0 Å². The molecule has 0 N–H and O–H groups in total. The van der Waals surface area contributed by atoms with E-state index in [0.717, 1.165) is 5.69 Å². The van der Waals surface area contributed by atoms with Gasteiger partial charge in [0.15, 0.2) is 12.4 Å². The van der Waals surface area contributed by atoms with Crippen LogP contribution in [0.25, 0.3) is 0 Å². The quantitative estimate of drug-likeness (QED) is 0.626. The van der Waals surface area contributed by atoms with Gasteiger partial charge in [0, 0.05) is 30.4 Å². The van der Waals surface area contributed by atoms with Crippen molar-refractivity contribution in [1.29, 1.82) is 0 Å². The molecule has 0 saturated heterocycles. The van der Waals surface area contributed by atoms with Gasteiger partial charge >= 0.3 is 5.97 Å². The van der Waals surface area contributed by atoms with Crippen LogP contribution in [-0.2, 0) is 4.74 Å². The average Bonchev–Trinajstić information content (AvgIpc) is 2.53. The van der Waals surface area contributed by atoms with Crippen LogP contribution in [0, 0.1) is 0 Å². The van der Waals surface area contributed by atoms with E-state index < -0.39 is 5.97 Å². The van der Waals surface area contributed by atoms with Crippen molar-refractivity contribution in [2.75, 3.05) is 25.6 Å². The summed E-state index contributed by atoms with van der Waals surface area (Å²) in [4.78, 5) is 25.7. The molecule has 2 rings (SSSR count). The summed E-state index contributed by atoms with van der Waals surface area (Å²) >= 11 is 5.76. The van der Waals surface area contributed by atoms with Crippen LogP contribution in [0.2, 0.25) is 5.02 Å². The molecule has 0 spiro atoms. The Kier molecular flexibility index (Phi) is 5.17. The molecule has 0 saturated carbocycles. The maximum absolute atomic E-state index is 11.9. The Morgan fingerprint density at radius 3 is 2.05 bits per heavy atom. The number of Topliss-reactive ketones (excluding diaryl/α,β-unsaturated/α-hetero) is 1. The molecule has 0 amide bonds. The highest BCUT2D eigenvalue weighted by molar-refractivity contribution is 6.30. The van der Waals surface area contributed by atoms with Crippen molar-refractivity contribution in [2.45, 2.75) is 0 Å². The molecular formula is C17H16ClNO3. The summed E-state index contributed by atoms with van der Waals surface area (Å²) in [6, 6.07) is 13.4. The lowest BCUT2D eigenvalue weighted by molar-refractivity contribution is 0.0475. The molecule has 0 atom stereocenters. The zero-order chi connectivity index (χ0) is 16.1. The standard InChI is InChI=1S/C17H16ClNO3/c1-19(2)15-9-5-13(6-10-15)17(21)22-11-16(20)12-3-7-14(18)8-4-12/h3-10H,11H2,1-2H3. The first kappa shape index (κ1) is 16.0. The SMILES string of the molecule is CN(C)c1ccc(C(=O)OCC(=O)c2ccc(Cl)cc2)cc1. The number of halogens is 1. The fraction of sp³-hybridized carbons (Fsp3) is 0.176. The highest BCUT2D eigenvalue weighted by Gasteiger charge is 2.12. The van der Waals surface area contributed by atoms with Gasteiger partial charge in [-0.25, -0.2) is 4.79 Å². The van der Waals surface area contributed by atoms with Gasteiger partial charge in [0.25, 0.3) is 0 Å². The molecule has 0 fully saturated rings. The number of benzene rings is 2. The third-order valence-corrected chi connectivity index (χ3v) is 3.37. The minimum absolute atomic E-state index is 0.269. The van der Waals surface area contributed by atoms with Crippen molar-refractivity contribution in [3.05, 3.63) is 64.7 Å². The van der Waals surface area contributed by atoms with Crippen molar-refractivity contribution in [3.63, 3.8) is 0 Å². The molecule has 114 valence electrons. The average molecular weight is 318 g/mol. The molecule has 0 radical (unpaired) electrons. The van der Waals surface area contributed by atoms with Crippen molar-refractivity contribution in [3.8, 4) is 0 Å². The van der Waals surface area contributed by atoms with E-state index in [2.05, 4.69) is 0 Å². The van der Waals surface area contributed by atoms with Gasteiger partial charge in [-0.05, 0) is 48.5 Å². The summed E-state index contributed by atoms with van der Waals surface area (Å²) in [5.74, 6) is -0.789. The number of nitrogens with zero attached hydrogens (tertiary/aromatic N) is 1. The van der Waals surface area contributed by atoms with Gasteiger partial charge in [0.2, 0.25) is 0 Å². The van der Waals surface area contributed by atoms with E-state index >= 15 is 0 Å². The van der Waals surface area contributed by atoms with Crippen LogP contribution in [0.1, 0.15) is 20.7 Å².